The topological polar surface area (TPSA) is 26.0 Å². The minimum atomic E-state index is 0.710. The number of thiophene rings is 1. The summed E-state index contributed by atoms with van der Waals surface area (Å²) in [6, 6.07) is 12.7. The van der Waals surface area contributed by atoms with Crippen LogP contribution in [0.25, 0.3) is 16.5 Å². The molecule has 2 aromatic rings. The summed E-state index contributed by atoms with van der Waals surface area (Å²) < 4.78 is 1.11. The first-order chi connectivity index (χ1) is 8.29. The van der Waals surface area contributed by atoms with Crippen molar-refractivity contribution in [2.24, 2.45) is 5.73 Å². The first kappa shape index (κ1) is 12.6. The van der Waals surface area contributed by atoms with E-state index in [-0.39, 0.29) is 0 Å². The number of hydrogen-bond acceptors (Lipinski definition) is 2. The van der Waals surface area contributed by atoms with Crippen molar-refractivity contribution in [3.63, 3.8) is 0 Å². The van der Waals surface area contributed by atoms with Crippen LogP contribution in [0.15, 0.2) is 46.9 Å². The van der Waals surface area contributed by atoms with Gasteiger partial charge >= 0.3 is 0 Å². The van der Waals surface area contributed by atoms with E-state index in [1.165, 1.54) is 15.3 Å². The molecule has 0 spiro atoms. The van der Waals surface area contributed by atoms with E-state index in [0.717, 1.165) is 10.9 Å². The van der Waals surface area contributed by atoms with Gasteiger partial charge in [0.2, 0.25) is 0 Å². The van der Waals surface area contributed by atoms with Crippen molar-refractivity contribution < 1.29 is 0 Å². The number of benzene rings is 1. The summed E-state index contributed by atoms with van der Waals surface area (Å²) >= 11 is 5.25. The second-order valence-electron chi connectivity index (χ2n) is 3.69. The lowest BCUT2D eigenvalue weighted by molar-refractivity contribution is 1.01. The van der Waals surface area contributed by atoms with E-state index < -0.39 is 0 Å². The third-order valence-corrected chi connectivity index (χ3v) is 4.00. The molecule has 2 N–H and O–H groups in total. The molecule has 0 radical (unpaired) electrons. The summed E-state index contributed by atoms with van der Waals surface area (Å²) in [6.45, 7) is 0.710. The quantitative estimate of drug-likeness (QED) is 0.881. The minimum Gasteiger partial charge on any atom is -0.330 e. The maximum Gasteiger partial charge on any atom is 0.0349 e. The van der Waals surface area contributed by atoms with E-state index >= 15 is 0 Å². The van der Waals surface area contributed by atoms with Gasteiger partial charge in [-0.1, -0.05) is 34.1 Å². The summed E-state index contributed by atoms with van der Waals surface area (Å²) in [4.78, 5) is 2.57. The maximum atomic E-state index is 5.45. The Balaban J connectivity index is 2.15. The predicted octanol–water partition coefficient (Wildman–Crippen LogP) is 4.54. The highest BCUT2D eigenvalue weighted by molar-refractivity contribution is 9.10. The molecule has 0 aliphatic heterocycles. The van der Waals surface area contributed by atoms with Gasteiger partial charge in [0.1, 0.15) is 0 Å². The lowest BCUT2D eigenvalue weighted by Gasteiger charge is -1.96. The van der Waals surface area contributed by atoms with Gasteiger partial charge in [0, 0.05) is 14.2 Å². The SMILES string of the molecule is NCC/C=C/c1ccc(-c2ccc(Br)cc2)s1. The normalized spacial score (nSPS) is 11.2. The zero-order chi connectivity index (χ0) is 12.1. The van der Waals surface area contributed by atoms with Crippen molar-refractivity contribution in [2.75, 3.05) is 6.54 Å². The molecule has 1 nitrogen and oxygen atoms in total. The summed E-state index contributed by atoms with van der Waals surface area (Å²) in [6.07, 6.45) is 5.20. The largest absolute Gasteiger partial charge is 0.330 e. The van der Waals surface area contributed by atoms with Crippen LogP contribution < -0.4 is 5.73 Å². The monoisotopic (exact) mass is 307 g/mol. The van der Waals surface area contributed by atoms with Crippen molar-refractivity contribution in [2.45, 2.75) is 6.42 Å². The van der Waals surface area contributed by atoms with Crippen LogP contribution in [0.5, 0.6) is 0 Å². The fourth-order valence-corrected chi connectivity index (χ4v) is 2.72. The van der Waals surface area contributed by atoms with Crippen LogP contribution in [0.2, 0.25) is 0 Å². The van der Waals surface area contributed by atoms with E-state index in [0.29, 0.717) is 6.54 Å². The molecule has 0 saturated heterocycles. The highest BCUT2D eigenvalue weighted by atomic mass is 79.9. The van der Waals surface area contributed by atoms with E-state index in [1.807, 2.05) is 0 Å². The van der Waals surface area contributed by atoms with Gasteiger partial charge in [-0.2, -0.15) is 0 Å². The summed E-state index contributed by atoms with van der Waals surface area (Å²) in [5.41, 5.74) is 6.71. The Labute approximate surface area is 114 Å². The smallest absolute Gasteiger partial charge is 0.0349 e. The number of hydrogen-bond donors (Lipinski definition) is 1. The fraction of sp³-hybridized carbons (Fsp3) is 0.143. The van der Waals surface area contributed by atoms with Crippen LogP contribution in [0.1, 0.15) is 11.3 Å². The van der Waals surface area contributed by atoms with Gasteiger partial charge in [0.25, 0.3) is 0 Å². The Morgan fingerprint density at radius 3 is 2.59 bits per heavy atom. The third kappa shape index (κ3) is 3.53. The number of halogens is 1. The highest BCUT2D eigenvalue weighted by Crippen LogP contribution is 2.29. The molecule has 1 aromatic carbocycles. The molecule has 0 aliphatic rings. The molecule has 17 heavy (non-hydrogen) atoms. The molecular formula is C14H14BrNS. The van der Waals surface area contributed by atoms with E-state index in [9.17, 15) is 0 Å². The first-order valence-corrected chi connectivity index (χ1v) is 7.13. The number of nitrogens with two attached hydrogens (primary N) is 1. The molecule has 1 heterocycles. The molecule has 0 amide bonds. The maximum absolute atomic E-state index is 5.45. The average molecular weight is 308 g/mol. The Hall–Kier alpha value is -0.900. The highest BCUT2D eigenvalue weighted by Gasteiger charge is 2.00. The van der Waals surface area contributed by atoms with Gasteiger partial charge in [-0.3, -0.25) is 0 Å². The third-order valence-electron chi connectivity index (χ3n) is 2.37. The Bertz CT molecular complexity index is 499. The van der Waals surface area contributed by atoms with Crippen LogP contribution in [0.4, 0.5) is 0 Å². The molecule has 0 unspecified atom stereocenters. The van der Waals surface area contributed by atoms with Crippen molar-refractivity contribution in [3.8, 4) is 10.4 Å². The second kappa shape index (κ2) is 6.15. The fourth-order valence-electron chi connectivity index (χ4n) is 1.51. The van der Waals surface area contributed by atoms with Crippen LogP contribution in [-0.4, -0.2) is 6.54 Å². The average Bonchev–Trinajstić information content (AvgIpc) is 2.79. The van der Waals surface area contributed by atoms with Gasteiger partial charge < -0.3 is 5.73 Å². The zero-order valence-corrected chi connectivity index (χ0v) is 11.8. The Kier molecular flexibility index (Phi) is 4.54. The van der Waals surface area contributed by atoms with Gasteiger partial charge in [0.05, 0.1) is 0 Å². The predicted molar refractivity (Wildman–Crippen MR) is 80.2 cm³/mol. The van der Waals surface area contributed by atoms with Gasteiger partial charge in [-0.15, -0.1) is 11.3 Å². The van der Waals surface area contributed by atoms with Crippen LogP contribution in [0, 0.1) is 0 Å². The molecule has 0 aliphatic carbocycles. The van der Waals surface area contributed by atoms with Crippen LogP contribution in [-0.2, 0) is 0 Å². The van der Waals surface area contributed by atoms with Crippen molar-refractivity contribution in [3.05, 3.63) is 51.8 Å². The van der Waals surface area contributed by atoms with E-state index in [2.05, 4.69) is 64.5 Å². The summed E-state index contributed by atoms with van der Waals surface area (Å²) in [7, 11) is 0. The van der Waals surface area contributed by atoms with Crippen LogP contribution >= 0.6 is 27.3 Å². The van der Waals surface area contributed by atoms with Crippen molar-refractivity contribution >= 4 is 33.3 Å². The molecule has 0 fully saturated rings. The Morgan fingerprint density at radius 2 is 1.88 bits per heavy atom. The molecule has 88 valence electrons. The van der Waals surface area contributed by atoms with Crippen molar-refractivity contribution in [1.29, 1.82) is 0 Å². The summed E-state index contributed by atoms with van der Waals surface area (Å²) in [5, 5.41) is 0. The van der Waals surface area contributed by atoms with Crippen LogP contribution in [0.3, 0.4) is 0 Å². The minimum absolute atomic E-state index is 0.710. The van der Waals surface area contributed by atoms with Crippen molar-refractivity contribution in [1.82, 2.24) is 0 Å². The molecular weight excluding hydrogens is 294 g/mol. The lowest BCUT2D eigenvalue weighted by Crippen LogP contribution is -1.94. The van der Waals surface area contributed by atoms with E-state index in [1.54, 1.807) is 11.3 Å². The van der Waals surface area contributed by atoms with Gasteiger partial charge in [-0.05, 0) is 48.9 Å². The molecule has 0 atom stereocenters. The van der Waals surface area contributed by atoms with Gasteiger partial charge in [-0.25, -0.2) is 0 Å². The molecule has 2 rings (SSSR count). The molecule has 0 bridgehead atoms. The number of rotatable bonds is 4. The molecule has 0 saturated carbocycles. The lowest BCUT2D eigenvalue weighted by atomic mass is 10.2. The Morgan fingerprint density at radius 1 is 1.12 bits per heavy atom. The molecule has 1 aromatic heterocycles. The van der Waals surface area contributed by atoms with Gasteiger partial charge in [0.15, 0.2) is 0 Å². The second-order valence-corrected chi connectivity index (χ2v) is 5.72. The zero-order valence-electron chi connectivity index (χ0n) is 9.40. The summed E-state index contributed by atoms with van der Waals surface area (Å²) in [5.74, 6) is 0. The molecule has 3 heteroatoms. The van der Waals surface area contributed by atoms with E-state index in [4.69, 9.17) is 5.73 Å². The first-order valence-electron chi connectivity index (χ1n) is 5.52. The standard InChI is InChI=1S/C14H14BrNS/c15-12-6-4-11(5-7-12)14-9-8-13(17-14)3-1-2-10-16/h1,3-9H,2,10,16H2/b3-1+.